The highest BCUT2D eigenvalue weighted by atomic mass is 19.4. The number of carbonyl (C=O) groups is 1. The van der Waals surface area contributed by atoms with Crippen molar-refractivity contribution in [3.05, 3.63) is 91.7 Å². The summed E-state index contributed by atoms with van der Waals surface area (Å²) in [5.74, 6) is -1.02. The standard InChI is InChI=1S/C19H19NO2.C3H4F3N/c1-4-11-20(3)18(12-14(2)19(21)22)17-10-9-15-7-5-6-8-16(15)13-17;1-2-7-3(4,5)6/h4-10,12-13H,1-2,11H2,3H3,(H,21,22);2,7H,1H2/b18-12-;. The number of carboxylic acids is 1. The molecule has 0 bridgehead atoms. The predicted octanol–water partition coefficient (Wildman–Crippen LogP) is 5.18. The predicted molar refractivity (Wildman–Crippen MR) is 111 cm³/mol. The SMILES string of the molecule is C=CCN(C)/C(=C\C(=C)C(=O)O)c1ccc2ccccc2c1.C=CNC(F)(F)F. The molecule has 0 fully saturated rings. The zero-order valence-corrected chi connectivity index (χ0v) is 16.0. The minimum atomic E-state index is -4.32. The van der Waals surface area contributed by atoms with Crippen molar-refractivity contribution in [3.8, 4) is 0 Å². The third-order valence-electron chi connectivity index (χ3n) is 3.71. The van der Waals surface area contributed by atoms with E-state index in [1.54, 1.807) is 12.2 Å². The van der Waals surface area contributed by atoms with Gasteiger partial charge in [0.2, 0.25) is 0 Å². The van der Waals surface area contributed by atoms with Gasteiger partial charge < -0.3 is 15.3 Å². The largest absolute Gasteiger partial charge is 0.481 e. The molecule has 0 unspecified atom stereocenters. The Morgan fingerprint density at radius 1 is 1.17 bits per heavy atom. The minimum absolute atomic E-state index is 0.0547. The Morgan fingerprint density at radius 3 is 2.28 bits per heavy atom. The Labute approximate surface area is 168 Å². The number of halogens is 3. The van der Waals surface area contributed by atoms with Crippen LogP contribution in [0, 0.1) is 0 Å². The van der Waals surface area contributed by atoms with Crippen LogP contribution in [0.3, 0.4) is 0 Å². The van der Waals surface area contributed by atoms with E-state index in [0.717, 1.165) is 27.3 Å². The number of carboxylic acid groups (broad SMARTS) is 1. The fourth-order valence-corrected chi connectivity index (χ4v) is 2.40. The van der Waals surface area contributed by atoms with Crippen LogP contribution in [0.15, 0.2) is 86.1 Å². The van der Waals surface area contributed by atoms with Crippen LogP contribution in [0.2, 0.25) is 0 Å². The van der Waals surface area contributed by atoms with Crippen molar-refractivity contribution in [1.29, 1.82) is 0 Å². The molecule has 2 aromatic rings. The first-order chi connectivity index (χ1) is 13.6. The van der Waals surface area contributed by atoms with Crippen LogP contribution in [0.25, 0.3) is 16.5 Å². The number of alkyl halides is 3. The number of fused-ring (bicyclic) bond motifs is 1. The Balaban J connectivity index is 0.000000516. The topological polar surface area (TPSA) is 52.6 Å². The van der Waals surface area contributed by atoms with Gasteiger partial charge in [0.15, 0.2) is 0 Å². The summed E-state index contributed by atoms with van der Waals surface area (Å²) in [6.45, 7) is 10.8. The van der Waals surface area contributed by atoms with Crippen molar-refractivity contribution in [3.63, 3.8) is 0 Å². The van der Waals surface area contributed by atoms with Crippen LogP contribution in [0.1, 0.15) is 5.56 Å². The molecule has 0 radical (unpaired) electrons. The molecule has 0 atom stereocenters. The summed E-state index contributed by atoms with van der Waals surface area (Å²) in [6.07, 6.45) is -0.365. The molecule has 0 aliphatic carbocycles. The van der Waals surface area contributed by atoms with Gasteiger partial charge in [-0.3, -0.25) is 0 Å². The van der Waals surface area contributed by atoms with Gasteiger partial charge in [-0.1, -0.05) is 55.6 Å². The zero-order valence-electron chi connectivity index (χ0n) is 16.0. The molecule has 0 aliphatic heterocycles. The van der Waals surface area contributed by atoms with Crippen molar-refractivity contribution in [2.45, 2.75) is 6.30 Å². The van der Waals surface area contributed by atoms with E-state index in [2.05, 4.69) is 25.8 Å². The summed E-state index contributed by atoms with van der Waals surface area (Å²) in [6, 6.07) is 14.1. The van der Waals surface area contributed by atoms with Crippen molar-refractivity contribution >= 4 is 22.4 Å². The van der Waals surface area contributed by atoms with E-state index in [9.17, 15) is 18.0 Å². The maximum Gasteiger partial charge on any atom is 0.481 e. The van der Waals surface area contributed by atoms with Gasteiger partial charge >= 0.3 is 12.3 Å². The molecule has 0 aromatic heterocycles. The number of nitrogens with one attached hydrogen (secondary N) is 1. The highest BCUT2D eigenvalue weighted by Gasteiger charge is 2.23. The number of rotatable bonds is 7. The average Bonchev–Trinajstić information content (AvgIpc) is 2.65. The van der Waals surface area contributed by atoms with Gasteiger partial charge in [0.05, 0.1) is 5.57 Å². The second kappa shape index (κ2) is 10.8. The van der Waals surface area contributed by atoms with Crippen LogP contribution in [0.5, 0.6) is 0 Å². The van der Waals surface area contributed by atoms with Crippen molar-refractivity contribution < 1.29 is 23.1 Å². The summed E-state index contributed by atoms with van der Waals surface area (Å²) >= 11 is 0. The number of hydrogen-bond donors (Lipinski definition) is 2. The number of aliphatic carboxylic acids is 1. The van der Waals surface area contributed by atoms with Gasteiger partial charge in [0.25, 0.3) is 0 Å². The second-order valence-electron chi connectivity index (χ2n) is 5.94. The van der Waals surface area contributed by atoms with E-state index in [-0.39, 0.29) is 5.57 Å². The maximum absolute atomic E-state index is 11.1. The van der Waals surface area contributed by atoms with Gasteiger partial charge in [-0.2, -0.15) is 13.2 Å². The maximum atomic E-state index is 11.1. The fourth-order valence-electron chi connectivity index (χ4n) is 2.40. The first kappa shape index (κ1) is 23.6. The van der Waals surface area contributed by atoms with E-state index < -0.39 is 12.3 Å². The summed E-state index contributed by atoms with van der Waals surface area (Å²) in [5.41, 5.74) is 1.81. The van der Waals surface area contributed by atoms with Crippen LogP contribution in [0.4, 0.5) is 13.2 Å². The molecular weight excluding hydrogens is 381 g/mol. The molecular formula is C22H23F3N2O2. The van der Waals surface area contributed by atoms with E-state index >= 15 is 0 Å². The fraction of sp³-hybridized carbons (Fsp3) is 0.136. The highest BCUT2D eigenvalue weighted by molar-refractivity contribution is 5.93. The third-order valence-corrected chi connectivity index (χ3v) is 3.71. The van der Waals surface area contributed by atoms with Crippen LogP contribution >= 0.6 is 0 Å². The molecule has 0 aliphatic rings. The quantitative estimate of drug-likeness (QED) is 0.289. The van der Waals surface area contributed by atoms with Crippen molar-refractivity contribution in [2.75, 3.05) is 13.6 Å². The Bertz CT molecular complexity index is 918. The Morgan fingerprint density at radius 2 is 1.79 bits per heavy atom. The molecule has 2 aromatic carbocycles. The molecule has 0 heterocycles. The van der Waals surface area contributed by atoms with Crippen LogP contribution in [-0.4, -0.2) is 35.9 Å². The molecule has 7 heteroatoms. The average molecular weight is 404 g/mol. The molecule has 0 saturated carbocycles. The highest BCUT2D eigenvalue weighted by Crippen LogP contribution is 2.24. The van der Waals surface area contributed by atoms with E-state index in [0.29, 0.717) is 12.7 Å². The van der Waals surface area contributed by atoms with Crippen molar-refractivity contribution in [2.24, 2.45) is 0 Å². The lowest BCUT2D eigenvalue weighted by Gasteiger charge is -2.22. The number of hydrogen-bond acceptors (Lipinski definition) is 3. The lowest BCUT2D eigenvalue weighted by Crippen LogP contribution is -2.25. The molecule has 2 rings (SSSR count). The molecule has 2 N–H and O–H groups in total. The third kappa shape index (κ3) is 7.96. The minimum Gasteiger partial charge on any atom is -0.478 e. The summed E-state index contributed by atoms with van der Waals surface area (Å²) in [7, 11) is 1.90. The van der Waals surface area contributed by atoms with Crippen LogP contribution < -0.4 is 5.32 Å². The molecule has 0 amide bonds. The van der Waals surface area contributed by atoms with Gasteiger partial charge in [-0.05, 0) is 34.7 Å². The van der Waals surface area contributed by atoms with Gasteiger partial charge in [0, 0.05) is 19.3 Å². The lowest BCUT2D eigenvalue weighted by molar-refractivity contribution is -0.146. The summed E-state index contributed by atoms with van der Waals surface area (Å²) < 4.78 is 32.6. The first-order valence-electron chi connectivity index (χ1n) is 8.49. The van der Waals surface area contributed by atoms with Gasteiger partial charge in [-0.25, -0.2) is 4.79 Å². The second-order valence-corrected chi connectivity index (χ2v) is 5.94. The number of likely N-dealkylation sites (N-methyl/N-ethyl adjacent to an activating group) is 1. The smallest absolute Gasteiger partial charge is 0.478 e. The lowest BCUT2D eigenvalue weighted by atomic mass is 10.0. The Kier molecular flexibility index (Phi) is 8.73. The first-order valence-corrected chi connectivity index (χ1v) is 8.49. The van der Waals surface area contributed by atoms with E-state index in [1.165, 1.54) is 0 Å². The normalized spacial score (nSPS) is 11.1. The van der Waals surface area contributed by atoms with Crippen molar-refractivity contribution in [1.82, 2.24) is 10.2 Å². The van der Waals surface area contributed by atoms with E-state index in [4.69, 9.17) is 5.11 Å². The van der Waals surface area contributed by atoms with Crippen LogP contribution in [-0.2, 0) is 4.79 Å². The molecule has 4 nitrogen and oxygen atoms in total. The monoisotopic (exact) mass is 404 g/mol. The molecule has 29 heavy (non-hydrogen) atoms. The van der Waals surface area contributed by atoms with Gasteiger partial charge in [-0.15, -0.1) is 6.58 Å². The number of nitrogens with zero attached hydrogens (tertiary/aromatic N) is 1. The van der Waals surface area contributed by atoms with Gasteiger partial charge in [0.1, 0.15) is 0 Å². The molecule has 154 valence electrons. The molecule has 0 saturated heterocycles. The summed E-state index contributed by atoms with van der Waals surface area (Å²) in [4.78, 5) is 13.0. The molecule has 0 spiro atoms. The Hall–Kier alpha value is -3.48. The van der Waals surface area contributed by atoms with E-state index in [1.807, 2.05) is 48.3 Å². The summed E-state index contributed by atoms with van der Waals surface area (Å²) in [5, 5.41) is 12.4. The number of benzene rings is 2. The zero-order chi connectivity index (χ0) is 22.0.